The highest BCUT2D eigenvalue weighted by atomic mass is 32.2. The third-order valence-electron chi connectivity index (χ3n) is 2.13. The Bertz CT molecular complexity index is 293. The molecule has 0 saturated carbocycles. The summed E-state index contributed by atoms with van der Waals surface area (Å²) in [5.41, 5.74) is 0. The molecule has 0 fully saturated rings. The van der Waals surface area contributed by atoms with Gasteiger partial charge in [0.05, 0.1) is 0 Å². The summed E-state index contributed by atoms with van der Waals surface area (Å²) in [4.78, 5) is 5.81. The second-order valence-electron chi connectivity index (χ2n) is 3.23. The Morgan fingerprint density at radius 1 is 1.57 bits per heavy atom. The Hall–Kier alpha value is -0.770. The van der Waals surface area contributed by atoms with Crippen molar-refractivity contribution >= 4 is 17.6 Å². The summed E-state index contributed by atoms with van der Waals surface area (Å²) in [7, 11) is 1.93. The average molecular weight is 214 g/mol. The molecule has 4 heteroatoms. The molecule has 0 spiro atoms. The molecule has 0 amide bonds. The zero-order chi connectivity index (χ0) is 10.6. The maximum Gasteiger partial charge on any atom is 0.214 e. The van der Waals surface area contributed by atoms with Crippen LogP contribution >= 0.6 is 11.8 Å². The highest BCUT2D eigenvalue weighted by molar-refractivity contribution is 7.98. The molecule has 0 aliphatic carbocycles. The minimum Gasteiger partial charge on any atom is -0.356 e. The first-order valence-corrected chi connectivity index (χ1v) is 5.89. The largest absolute Gasteiger partial charge is 0.356 e. The van der Waals surface area contributed by atoms with Crippen LogP contribution in [0.2, 0.25) is 0 Å². The van der Waals surface area contributed by atoms with Crippen molar-refractivity contribution < 1.29 is 4.39 Å². The van der Waals surface area contributed by atoms with Gasteiger partial charge < -0.3 is 4.90 Å². The highest BCUT2D eigenvalue weighted by Gasteiger charge is 2.10. The number of thioether (sulfide) groups is 1. The first-order valence-electron chi connectivity index (χ1n) is 4.49. The quantitative estimate of drug-likeness (QED) is 0.716. The molecule has 78 valence electrons. The number of aromatic nitrogens is 1. The van der Waals surface area contributed by atoms with E-state index in [0.29, 0.717) is 11.9 Å². The topological polar surface area (TPSA) is 16.1 Å². The van der Waals surface area contributed by atoms with Crippen LogP contribution in [0.4, 0.5) is 10.2 Å². The summed E-state index contributed by atoms with van der Waals surface area (Å²) >= 11 is 1.77. The number of rotatable bonds is 4. The van der Waals surface area contributed by atoms with E-state index in [0.717, 1.165) is 5.75 Å². The molecule has 0 aliphatic rings. The van der Waals surface area contributed by atoms with Crippen LogP contribution in [0.5, 0.6) is 0 Å². The zero-order valence-electron chi connectivity index (χ0n) is 8.70. The summed E-state index contributed by atoms with van der Waals surface area (Å²) in [6, 6.07) is 5.22. The van der Waals surface area contributed by atoms with E-state index >= 15 is 0 Å². The number of nitrogens with zero attached hydrogens (tertiary/aromatic N) is 2. The predicted octanol–water partition coefficient (Wildman–Crippen LogP) is 2.41. The summed E-state index contributed by atoms with van der Waals surface area (Å²) in [6.07, 6.45) is 2.06. The highest BCUT2D eigenvalue weighted by Crippen LogP contribution is 2.14. The molecular formula is C10H15FN2S. The fraction of sp³-hybridized carbons (Fsp3) is 0.500. The molecule has 0 N–H and O–H groups in total. The van der Waals surface area contributed by atoms with E-state index in [1.54, 1.807) is 17.8 Å². The minimum absolute atomic E-state index is 0.360. The fourth-order valence-electron chi connectivity index (χ4n) is 1.17. The van der Waals surface area contributed by atoms with Crippen molar-refractivity contribution in [2.24, 2.45) is 0 Å². The fourth-order valence-corrected chi connectivity index (χ4v) is 1.88. The van der Waals surface area contributed by atoms with Gasteiger partial charge in [-0.15, -0.1) is 0 Å². The lowest BCUT2D eigenvalue weighted by molar-refractivity contribution is 0.580. The maximum atomic E-state index is 12.8. The molecule has 0 aromatic carbocycles. The van der Waals surface area contributed by atoms with Crippen molar-refractivity contribution in [2.45, 2.75) is 13.0 Å². The third-order valence-corrected chi connectivity index (χ3v) is 2.95. The van der Waals surface area contributed by atoms with Gasteiger partial charge in [-0.25, -0.2) is 4.98 Å². The number of pyridine rings is 1. The molecule has 1 heterocycles. The van der Waals surface area contributed by atoms with Crippen LogP contribution in [0.25, 0.3) is 0 Å². The number of hydrogen-bond donors (Lipinski definition) is 0. The molecule has 1 atom stereocenters. The Labute approximate surface area is 88.5 Å². The summed E-state index contributed by atoms with van der Waals surface area (Å²) < 4.78 is 12.8. The van der Waals surface area contributed by atoms with Gasteiger partial charge in [0.2, 0.25) is 5.95 Å². The molecule has 1 rings (SSSR count). The number of hydrogen-bond acceptors (Lipinski definition) is 3. The van der Waals surface area contributed by atoms with Crippen LogP contribution in [-0.4, -0.2) is 30.1 Å². The Morgan fingerprint density at radius 3 is 2.86 bits per heavy atom. The SMILES string of the molecule is CSCC(C)N(C)c1cccc(F)n1. The van der Waals surface area contributed by atoms with E-state index in [1.807, 2.05) is 18.0 Å². The molecule has 0 bridgehead atoms. The standard InChI is InChI=1S/C10H15FN2S/c1-8(7-14-3)13(2)10-6-4-5-9(11)12-10/h4-6,8H,7H2,1-3H3. The molecular weight excluding hydrogens is 199 g/mol. The predicted molar refractivity (Wildman–Crippen MR) is 60.4 cm³/mol. The molecule has 1 aromatic heterocycles. The summed E-state index contributed by atoms with van der Waals surface area (Å²) in [5.74, 6) is 1.27. The van der Waals surface area contributed by atoms with Gasteiger partial charge in [-0.3, -0.25) is 0 Å². The van der Waals surface area contributed by atoms with Crippen LogP contribution in [0.1, 0.15) is 6.92 Å². The smallest absolute Gasteiger partial charge is 0.214 e. The van der Waals surface area contributed by atoms with Crippen molar-refractivity contribution in [1.82, 2.24) is 4.98 Å². The van der Waals surface area contributed by atoms with Gasteiger partial charge in [0.15, 0.2) is 0 Å². The second-order valence-corrected chi connectivity index (χ2v) is 4.14. The van der Waals surface area contributed by atoms with Crippen molar-refractivity contribution in [3.8, 4) is 0 Å². The minimum atomic E-state index is -0.425. The zero-order valence-corrected chi connectivity index (χ0v) is 9.51. The van der Waals surface area contributed by atoms with Gasteiger partial charge >= 0.3 is 0 Å². The molecule has 2 nitrogen and oxygen atoms in total. The second kappa shape index (κ2) is 5.20. The molecule has 1 aromatic rings. The molecule has 14 heavy (non-hydrogen) atoms. The van der Waals surface area contributed by atoms with E-state index in [4.69, 9.17) is 0 Å². The molecule has 1 unspecified atom stereocenters. The molecule has 0 saturated heterocycles. The van der Waals surface area contributed by atoms with E-state index in [9.17, 15) is 4.39 Å². The van der Waals surface area contributed by atoms with E-state index in [2.05, 4.69) is 18.2 Å². The monoisotopic (exact) mass is 214 g/mol. The lowest BCUT2D eigenvalue weighted by Gasteiger charge is -2.25. The van der Waals surface area contributed by atoms with E-state index in [-0.39, 0.29) is 0 Å². The van der Waals surface area contributed by atoms with E-state index < -0.39 is 5.95 Å². The number of anilines is 1. The van der Waals surface area contributed by atoms with Crippen LogP contribution in [0.3, 0.4) is 0 Å². The average Bonchev–Trinajstić information content (AvgIpc) is 2.17. The lowest BCUT2D eigenvalue weighted by atomic mass is 10.3. The van der Waals surface area contributed by atoms with Gasteiger partial charge in [0.1, 0.15) is 5.82 Å². The normalized spacial score (nSPS) is 12.6. The van der Waals surface area contributed by atoms with Crippen LogP contribution in [0.15, 0.2) is 18.2 Å². The Morgan fingerprint density at radius 2 is 2.29 bits per heavy atom. The summed E-state index contributed by atoms with van der Waals surface area (Å²) in [6.45, 7) is 2.10. The first kappa shape index (κ1) is 11.3. The summed E-state index contributed by atoms with van der Waals surface area (Å²) in [5, 5.41) is 0. The van der Waals surface area contributed by atoms with Crippen molar-refractivity contribution in [2.75, 3.05) is 24.0 Å². The van der Waals surface area contributed by atoms with Gasteiger partial charge in [0, 0.05) is 18.8 Å². The molecule has 0 radical (unpaired) electrons. The maximum absolute atomic E-state index is 12.8. The van der Waals surface area contributed by atoms with Crippen LogP contribution in [-0.2, 0) is 0 Å². The first-order chi connectivity index (χ1) is 6.65. The van der Waals surface area contributed by atoms with Gasteiger partial charge in [0.25, 0.3) is 0 Å². The number of halogens is 1. The Kier molecular flexibility index (Phi) is 4.20. The van der Waals surface area contributed by atoms with Crippen LogP contribution < -0.4 is 4.90 Å². The lowest BCUT2D eigenvalue weighted by Crippen LogP contribution is -2.31. The van der Waals surface area contributed by atoms with E-state index in [1.165, 1.54) is 6.07 Å². The van der Waals surface area contributed by atoms with Crippen LogP contribution in [0, 0.1) is 5.95 Å². The van der Waals surface area contributed by atoms with Crippen molar-refractivity contribution in [3.63, 3.8) is 0 Å². The third kappa shape index (κ3) is 2.87. The van der Waals surface area contributed by atoms with Gasteiger partial charge in [-0.2, -0.15) is 16.2 Å². The van der Waals surface area contributed by atoms with Crippen molar-refractivity contribution in [1.29, 1.82) is 0 Å². The van der Waals surface area contributed by atoms with Crippen molar-refractivity contribution in [3.05, 3.63) is 24.1 Å². The van der Waals surface area contributed by atoms with Gasteiger partial charge in [-0.1, -0.05) is 6.07 Å². The molecule has 0 aliphatic heterocycles. The van der Waals surface area contributed by atoms with Gasteiger partial charge in [-0.05, 0) is 25.3 Å². The Balaban J connectivity index is 2.73.